The molecule has 0 aromatic heterocycles. The zero-order chi connectivity index (χ0) is 17.6. The van der Waals surface area contributed by atoms with Gasteiger partial charge in [0, 0.05) is 13.7 Å². The summed E-state index contributed by atoms with van der Waals surface area (Å²) in [5.41, 5.74) is 0.203. The van der Waals surface area contributed by atoms with Crippen molar-refractivity contribution in [1.29, 1.82) is 0 Å². The van der Waals surface area contributed by atoms with Gasteiger partial charge in [-0.25, -0.2) is 13.1 Å². The van der Waals surface area contributed by atoms with E-state index < -0.39 is 15.6 Å². The number of hydrogen-bond donors (Lipinski definition) is 1. The van der Waals surface area contributed by atoms with Gasteiger partial charge in [0.25, 0.3) is 0 Å². The summed E-state index contributed by atoms with van der Waals surface area (Å²) >= 11 is 0. The van der Waals surface area contributed by atoms with Crippen LogP contribution < -0.4 is 9.46 Å². The Morgan fingerprint density at radius 2 is 1.62 bits per heavy atom. The minimum atomic E-state index is -3.72. The topological polar surface area (TPSA) is 64.6 Å². The highest BCUT2D eigenvalue weighted by molar-refractivity contribution is 7.89. The summed E-state index contributed by atoms with van der Waals surface area (Å²) in [6.45, 7) is 2.10. The summed E-state index contributed by atoms with van der Waals surface area (Å²) in [6.07, 6.45) is 0.627. The lowest BCUT2D eigenvalue weighted by Gasteiger charge is -2.32. The van der Waals surface area contributed by atoms with Crippen molar-refractivity contribution in [1.82, 2.24) is 4.72 Å². The standard InChI is InChI=1S/C18H23NO4S/c1-4-18(23-3,15-10-6-5-7-11-15)14-19-24(20,21)17-13-9-8-12-16(17)22-2/h5-13,19H,4,14H2,1-3H3/t18-/m0/s1. The second kappa shape index (κ2) is 7.79. The number of ether oxygens (including phenoxy) is 2. The van der Waals surface area contributed by atoms with Crippen LogP contribution in [0.4, 0.5) is 0 Å². The van der Waals surface area contributed by atoms with Crippen LogP contribution in [0.25, 0.3) is 0 Å². The van der Waals surface area contributed by atoms with Crippen molar-refractivity contribution in [2.75, 3.05) is 20.8 Å². The number of methoxy groups -OCH3 is 2. The molecule has 24 heavy (non-hydrogen) atoms. The van der Waals surface area contributed by atoms with Gasteiger partial charge in [0.1, 0.15) is 16.2 Å². The van der Waals surface area contributed by atoms with Gasteiger partial charge in [0.2, 0.25) is 10.0 Å². The molecule has 0 saturated carbocycles. The third-order valence-corrected chi connectivity index (χ3v) is 5.61. The van der Waals surface area contributed by atoms with Gasteiger partial charge in [-0.2, -0.15) is 0 Å². The van der Waals surface area contributed by atoms with Gasteiger partial charge < -0.3 is 9.47 Å². The molecule has 130 valence electrons. The first-order valence-electron chi connectivity index (χ1n) is 7.72. The Bertz CT molecular complexity index is 756. The molecule has 0 unspecified atom stereocenters. The molecule has 5 nitrogen and oxygen atoms in total. The SMILES string of the molecule is CC[C@@](CNS(=O)(=O)c1ccccc1OC)(OC)c1ccccc1. The van der Waals surface area contributed by atoms with Gasteiger partial charge in [0.15, 0.2) is 0 Å². The molecular formula is C18H23NO4S. The predicted molar refractivity (Wildman–Crippen MR) is 93.6 cm³/mol. The minimum absolute atomic E-state index is 0.113. The maximum Gasteiger partial charge on any atom is 0.244 e. The van der Waals surface area contributed by atoms with E-state index in [0.717, 1.165) is 5.56 Å². The van der Waals surface area contributed by atoms with E-state index in [0.29, 0.717) is 12.2 Å². The van der Waals surface area contributed by atoms with E-state index in [2.05, 4.69) is 4.72 Å². The van der Waals surface area contributed by atoms with Crippen molar-refractivity contribution in [3.63, 3.8) is 0 Å². The van der Waals surface area contributed by atoms with Gasteiger partial charge in [-0.15, -0.1) is 0 Å². The van der Waals surface area contributed by atoms with E-state index in [1.807, 2.05) is 37.3 Å². The smallest absolute Gasteiger partial charge is 0.244 e. The first-order valence-corrected chi connectivity index (χ1v) is 9.21. The Kier molecular flexibility index (Phi) is 5.99. The highest BCUT2D eigenvalue weighted by atomic mass is 32.2. The van der Waals surface area contributed by atoms with Crippen LogP contribution in [0, 0.1) is 0 Å². The molecule has 2 aromatic rings. The third-order valence-electron chi connectivity index (χ3n) is 4.17. The molecule has 0 fully saturated rings. The zero-order valence-corrected chi connectivity index (χ0v) is 15.0. The van der Waals surface area contributed by atoms with E-state index in [4.69, 9.17) is 9.47 Å². The van der Waals surface area contributed by atoms with E-state index >= 15 is 0 Å². The lowest BCUT2D eigenvalue weighted by molar-refractivity contribution is -0.0133. The number of benzene rings is 2. The molecule has 0 spiro atoms. The van der Waals surface area contributed by atoms with Crippen molar-refractivity contribution >= 4 is 10.0 Å². The summed E-state index contributed by atoms with van der Waals surface area (Å²) in [6, 6.07) is 16.1. The lowest BCUT2D eigenvalue weighted by Crippen LogP contribution is -2.41. The van der Waals surface area contributed by atoms with Crippen LogP contribution in [0.15, 0.2) is 59.5 Å². The molecule has 0 bridgehead atoms. The number of hydrogen-bond acceptors (Lipinski definition) is 4. The average molecular weight is 349 g/mol. The fourth-order valence-electron chi connectivity index (χ4n) is 2.64. The predicted octanol–water partition coefficient (Wildman–Crippen LogP) is 2.93. The molecule has 1 atom stereocenters. The van der Waals surface area contributed by atoms with Crippen LogP contribution in [0.3, 0.4) is 0 Å². The molecule has 0 radical (unpaired) electrons. The van der Waals surface area contributed by atoms with Crippen molar-refractivity contribution in [2.24, 2.45) is 0 Å². The van der Waals surface area contributed by atoms with Gasteiger partial charge in [-0.3, -0.25) is 0 Å². The molecule has 2 rings (SSSR count). The van der Waals surface area contributed by atoms with Gasteiger partial charge in [0.05, 0.1) is 7.11 Å². The quantitative estimate of drug-likeness (QED) is 0.796. The number of rotatable bonds is 8. The summed E-state index contributed by atoms with van der Waals surface area (Å²) < 4.78 is 38.9. The Balaban J connectivity index is 2.29. The van der Waals surface area contributed by atoms with E-state index in [1.165, 1.54) is 13.2 Å². The van der Waals surface area contributed by atoms with Gasteiger partial charge in [-0.1, -0.05) is 49.4 Å². The normalized spacial score (nSPS) is 14.1. The summed E-state index contributed by atoms with van der Waals surface area (Å²) in [4.78, 5) is 0.113. The van der Waals surface area contributed by atoms with Gasteiger partial charge in [-0.05, 0) is 24.1 Å². The first kappa shape index (κ1) is 18.4. The fourth-order valence-corrected chi connectivity index (χ4v) is 3.89. The largest absolute Gasteiger partial charge is 0.495 e. The molecule has 0 amide bonds. The van der Waals surface area contributed by atoms with E-state index in [-0.39, 0.29) is 11.4 Å². The Hall–Kier alpha value is -1.89. The van der Waals surface area contributed by atoms with Crippen molar-refractivity contribution in [2.45, 2.75) is 23.8 Å². The highest BCUT2D eigenvalue weighted by Gasteiger charge is 2.32. The zero-order valence-electron chi connectivity index (χ0n) is 14.2. The van der Waals surface area contributed by atoms with Crippen LogP contribution in [-0.2, 0) is 20.4 Å². The molecule has 2 aromatic carbocycles. The molecule has 0 aliphatic rings. The van der Waals surface area contributed by atoms with Crippen LogP contribution in [0.5, 0.6) is 5.75 Å². The summed E-state index contributed by atoms with van der Waals surface area (Å²) in [5, 5.41) is 0. The van der Waals surface area contributed by atoms with Crippen LogP contribution in [0.2, 0.25) is 0 Å². The second-order valence-corrected chi connectivity index (χ2v) is 7.13. The average Bonchev–Trinajstić information content (AvgIpc) is 2.64. The van der Waals surface area contributed by atoms with Crippen molar-refractivity contribution < 1.29 is 17.9 Å². The fraction of sp³-hybridized carbons (Fsp3) is 0.333. The van der Waals surface area contributed by atoms with Crippen molar-refractivity contribution in [3.8, 4) is 5.75 Å². The van der Waals surface area contributed by atoms with Crippen molar-refractivity contribution in [3.05, 3.63) is 60.2 Å². The molecule has 0 saturated heterocycles. The molecular weight excluding hydrogens is 326 g/mol. The summed E-state index contributed by atoms with van der Waals surface area (Å²) in [5.74, 6) is 0.309. The molecule has 0 aliphatic heterocycles. The molecule has 1 N–H and O–H groups in total. The molecule has 6 heteroatoms. The Morgan fingerprint density at radius 3 is 2.21 bits per heavy atom. The summed E-state index contributed by atoms with van der Waals surface area (Å²) in [7, 11) is -0.680. The Morgan fingerprint density at radius 1 is 1.00 bits per heavy atom. The molecule has 0 heterocycles. The Labute approximate surface area is 143 Å². The van der Waals surface area contributed by atoms with E-state index in [1.54, 1.807) is 25.3 Å². The van der Waals surface area contributed by atoms with E-state index in [9.17, 15) is 8.42 Å². The second-order valence-electron chi connectivity index (χ2n) is 5.39. The molecule has 0 aliphatic carbocycles. The monoisotopic (exact) mass is 349 g/mol. The first-order chi connectivity index (χ1) is 11.5. The maximum atomic E-state index is 12.7. The third kappa shape index (κ3) is 3.77. The number of nitrogens with one attached hydrogen (secondary N) is 1. The highest BCUT2D eigenvalue weighted by Crippen LogP contribution is 2.29. The maximum absolute atomic E-state index is 12.7. The van der Waals surface area contributed by atoms with Gasteiger partial charge >= 0.3 is 0 Å². The number of para-hydroxylation sites is 1. The lowest BCUT2D eigenvalue weighted by atomic mass is 9.91. The van der Waals surface area contributed by atoms with Crippen LogP contribution in [-0.4, -0.2) is 29.2 Å². The van der Waals surface area contributed by atoms with Crippen LogP contribution in [0.1, 0.15) is 18.9 Å². The number of sulfonamides is 1. The van der Waals surface area contributed by atoms with Crippen LogP contribution >= 0.6 is 0 Å². The minimum Gasteiger partial charge on any atom is -0.495 e.